The van der Waals surface area contributed by atoms with E-state index in [1.54, 1.807) is 36.4 Å². The Hall–Kier alpha value is -4.01. The van der Waals surface area contributed by atoms with Crippen LogP contribution in [0.3, 0.4) is 0 Å². The first-order chi connectivity index (χ1) is 14.5. The van der Waals surface area contributed by atoms with Crippen LogP contribution in [0, 0.1) is 0 Å². The number of nitrogens with zero attached hydrogens (tertiary/aromatic N) is 1. The van der Waals surface area contributed by atoms with E-state index in [2.05, 4.69) is 5.32 Å². The van der Waals surface area contributed by atoms with E-state index < -0.39 is 17.8 Å². The largest absolute Gasteiger partial charge is 0.496 e. The number of carbonyl (C=O) groups is 3. The van der Waals surface area contributed by atoms with Crippen LogP contribution >= 0.6 is 0 Å². The maximum absolute atomic E-state index is 13.0. The van der Waals surface area contributed by atoms with Gasteiger partial charge in [0.05, 0.1) is 19.4 Å². The molecule has 0 unspecified atom stereocenters. The lowest BCUT2D eigenvalue weighted by atomic mass is 10.1. The summed E-state index contributed by atoms with van der Waals surface area (Å²) < 4.78 is 21.4. The van der Waals surface area contributed by atoms with E-state index in [1.165, 1.54) is 13.2 Å². The Kier molecular flexibility index (Phi) is 5.01. The van der Waals surface area contributed by atoms with Crippen molar-refractivity contribution in [3.63, 3.8) is 0 Å². The van der Waals surface area contributed by atoms with Crippen LogP contribution in [0.2, 0.25) is 0 Å². The number of hydrogen-bond acceptors (Lipinski definition) is 7. The van der Waals surface area contributed by atoms with E-state index in [1.807, 2.05) is 6.92 Å². The number of imide groups is 2. The van der Waals surface area contributed by atoms with Gasteiger partial charge in [0.15, 0.2) is 11.5 Å². The van der Waals surface area contributed by atoms with Crippen LogP contribution in [0.4, 0.5) is 10.5 Å². The molecule has 0 saturated carbocycles. The van der Waals surface area contributed by atoms with E-state index in [-0.39, 0.29) is 12.4 Å². The average Bonchev–Trinajstić information content (AvgIpc) is 3.19. The third kappa shape index (κ3) is 3.41. The maximum atomic E-state index is 13.0. The quantitative estimate of drug-likeness (QED) is 0.597. The number of rotatable bonds is 5. The minimum atomic E-state index is -0.830. The molecule has 154 valence electrons. The fourth-order valence-electron chi connectivity index (χ4n) is 3.13. The molecule has 0 bridgehead atoms. The van der Waals surface area contributed by atoms with Crippen LogP contribution in [-0.2, 0) is 9.59 Å². The molecule has 0 aliphatic carbocycles. The van der Waals surface area contributed by atoms with Crippen molar-refractivity contribution in [3.8, 4) is 23.0 Å². The second-order valence-electron chi connectivity index (χ2n) is 6.33. The highest BCUT2D eigenvalue weighted by molar-refractivity contribution is 6.39. The molecular weight excluding hydrogens is 392 g/mol. The summed E-state index contributed by atoms with van der Waals surface area (Å²) in [5.41, 5.74) is 0.513. The van der Waals surface area contributed by atoms with Gasteiger partial charge in [-0.15, -0.1) is 0 Å². The Bertz CT molecular complexity index is 1060. The Morgan fingerprint density at radius 1 is 1.10 bits per heavy atom. The summed E-state index contributed by atoms with van der Waals surface area (Å²) in [6.07, 6.45) is 1.35. The Morgan fingerprint density at radius 3 is 2.47 bits per heavy atom. The van der Waals surface area contributed by atoms with Crippen molar-refractivity contribution in [3.05, 3.63) is 47.5 Å². The molecule has 0 radical (unpaired) electrons. The molecule has 4 rings (SSSR count). The van der Waals surface area contributed by atoms with Gasteiger partial charge in [0.2, 0.25) is 6.79 Å². The fraction of sp³-hybridized carbons (Fsp3) is 0.190. The van der Waals surface area contributed by atoms with Gasteiger partial charge < -0.3 is 18.9 Å². The Labute approximate surface area is 171 Å². The molecule has 9 nitrogen and oxygen atoms in total. The molecule has 4 amide bonds. The molecule has 1 fully saturated rings. The molecule has 0 atom stereocenters. The normalized spacial score (nSPS) is 16.7. The van der Waals surface area contributed by atoms with Gasteiger partial charge in [0.25, 0.3) is 11.8 Å². The van der Waals surface area contributed by atoms with E-state index in [0.717, 1.165) is 4.90 Å². The van der Waals surface area contributed by atoms with E-state index >= 15 is 0 Å². The predicted molar refractivity (Wildman–Crippen MR) is 106 cm³/mol. The molecule has 9 heteroatoms. The molecule has 0 aromatic heterocycles. The van der Waals surface area contributed by atoms with Gasteiger partial charge in [-0.3, -0.25) is 14.9 Å². The number of barbiturate groups is 1. The van der Waals surface area contributed by atoms with E-state index in [0.29, 0.717) is 40.9 Å². The van der Waals surface area contributed by atoms with Gasteiger partial charge in [-0.25, -0.2) is 9.69 Å². The van der Waals surface area contributed by atoms with Crippen molar-refractivity contribution in [1.82, 2.24) is 5.32 Å². The first-order valence-corrected chi connectivity index (χ1v) is 9.13. The first-order valence-electron chi connectivity index (χ1n) is 9.13. The van der Waals surface area contributed by atoms with Gasteiger partial charge in [-0.05, 0) is 43.3 Å². The number of fused-ring (bicyclic) bond motifs is 1. The molecule has 2 aliphatic rings. The third-order valence-corrected chi connectivity index (χ3v) is 4.53. The van der Waals surface area contributed by atoms with Gasteiger partial charge in [-0.2, -0.15) is 0 Å². The van der Waals surface area contributed by atoms with Crippen molar-refractivity contribution in [2.24, 2.45) is 0 Å². The van der Waals surface area contributed by atoms with Crippen LogP contribution < -0.4 is 29.2 Å². The van der Waals surface area contributed by atoms with E-state index in [4.69, 9.17) is 18.9 Å². The smallest absolute Gasteiger partial charge is 0.335 e. The molecule has 30 heavy (non-hydrogen) atoms. The Balaban J connectivity index is 1.71. The second-order valence-corrected chi connectivity index (χ2v) is 6.33. The highest BCUT2D eigenvalue weighted by atomic mass is 16.7. The SMILES string of the molecule is CCOc1ccc(N2C(=O)NC(=O)/C(=C/c3cc4c(cc3OC)OCO4)C2=O)cc1. The predicted octanol–water partition coefficient (Wildman–Crippen LogP) is 2.49. The van der Waals surface area contributed by atoms with Crippen LogP contribution in [0.15, 0.2) is 42.0 Å². The number of amides is 4. The summed E-state index contributed by atoms with van der Waals surface area (Å²) in [4.78, 5) is 38.7. The number of hydrogen-bond donors (Lipinski definition) is 1. The molecule has 1 N–H and O–H groups in total. The number of anilines is 1. The minimum absolute atomic E-state index is 0.0674. The Morgan fingerprint density at radius 2 is 1.80 bits per heavy atom. The van der Waals surface area contributed by atoms with E-state index in [9.17, 15) is 14.4 Å². The molecule has 0 spiro atoms. The zero-order chi connectivity index (χ0) is 21.3. The zero-order valence-corrected chi connectivity index (χ0v) is 16.3. The van der Waals surface area contributed by atoms with Crippen molar-refractivity contribution in [2.45, 2.75) is 6.92 Å². The molecule has 2 heterocycles. The monoisotopic (exact) mass is 410 g/mol. The lowest BCUT2D eigenvalue weighted by molar-refractivity contribution is -0.122. The topological polar surface area (TPSA) is 103 Å². The van der Waals surface area contributed by atoms with Crippen LogP contribution in [0.1, 0.15) is 12.5 Å². The van der Waals surface area contributed by atoms with Crippen molar-refractivity contribution in [1.29, 1.82) is 0 Å². The summed E-state index contributed by atoms with van der Waals surface area (Å²) >= 11 is 0. The number of carbonyl (C=O) groups excluding carboxylic acids is 3. The number of benzene rings is 2. The lowest BCUT2D eigenvalue weighted by Crippen LogP contribution is -2.54. The fourth-order valence-corrected chi connectivity index (χ4v) is 3.13. The summed E-state index contributed by atoms with van der Waals surface area (Å²) in [6, 6.07) is 8.79. The van der Waals surface area contributed by atoms with Gasteiger partial charge in [0.1, 0.15) is 17.1 Å². The summed E-state index contributed by atoms with van der Waals surface area (Å²) in [7, 11) is 1.46. The third-order valence-electron chi connectivity index (χ3n) is 4.53. The van der Waals surface area contributed by atoms with Crippen molar-refractivity contribution < 1.29 is 33.3 Å². The number of nitrogens with one attached hydrogen (secondary N) is 1. The minimum Gasteiger partial charge on any atom is -0.496 e. The summed E-state index contributed by atoms with van der Waals surface area (Å²) in [5, 5.41) is 2.19. The number of urea groups is 1. The number of ether oxygens (including phenoxy) is 4. The van der Waals surface area contributed by atoms with Gasteiger partial charge >= 0.3 is 6.03 Å². The summed E-state index contributed by atoms with van der Waals surface area (Å²) in [5.74, 6) is 0.393. The lowest BCUT2D eigenvalue weighted by Gasteiger charge is -2.26. The molecule has 2 aliphatic heterocycles. The van der Waals surface area contributed by atoms with Crippen LogP contribution in [0.5, 0.6) is 23.0 Å². The van der Waals surface area contributed by atoms with Gasteiger partial charge in [0, 0.05) is 11.6 Å². The second kappa shape index (κ2) is 7.78. The zero-order valence-electron chi connectivity index (χ0n) is 16.3. The number of methoxy groups -OCH3 is 1. The van der Waals surface area contributed by atoms with Gasteiger partial charge in [-0.1, -0.05) is 0 Å². The van der Waals surface area contributed by atoms with Crippen LogP contribution in [-0.4, -0.2) is 38.4 Å². The average molecular weight is 410 g/mol. The summed E-state index contributed by atoms with van der Waals surface area (Å²) in [6.45, 7) is 2.40. The highest BCUT2D eigenvalue weighted by Crippen LogP contribution is 2.39. The first kappa shape index (κ1) is 19.3. The molecular formula is C21H18N2O7. The molecule has 2 aromatic carbocycles. The van der Waals surface area contributed by atoms with Crippen LogP contribution in [0.25, 0.3) is 6.08 Å². The van der Waals surface area contributed by atoms with Crippen molar-refractivity contribution >= 4 is 29.6 Å². The molecule has 1 saturated heterocycles. The van der Waals surface area contributed by atoms with Crippen molar-refractivity contribution in [2.75, 3.05) is 25.4 Å². The molecule has 2 aromatic rings. The highest BCUT2D eigenvalue weighted by Gasteiger charge is 2.37. The maximum Gasteiger partial charge on any atom is 0.335 e. The standard InChI is InChI=1S/C21H18N2O7/c1-3-28-14-6-4-13(5-7-14)23-20(25)15(19(24)22-21(23)26)8-12-9-17-18(30-11-29-17)10-16(12)27-2/h4-10H,3,11H2,1-2H3,(H,22,24,26)/b15-8-.